The summed E-state index contributed by atoms with van der Waals surface area (Å²) < 4.78 is 0. The molecule has 19 heavy (non-hydrogen) atoms. The average Bonchev–Trinajstić information content (AvgIpc) is 2.33. The van der Waals surface area contributed by atoms with E-state index in [1.807, 2.05) is 18.2 Å². The fourth-order valence-electron chi connectivity index (χ4n) is 1.56. The van der Waals surface area contributed by atoms with Crippen LogP contribution in [0.15, 0.2) is 48.5 Å². The summed E-state index contributed by atoms with van der Waals surface area (Å²) in [6, 6.07) is 13.2. The molecule has 0 fully saturated rings. The lowest BCUT2D eigenvalue weighted by molar-refractivity contribution is 0.447. The SMILES string of the molecule is CC(C)(C)c1ccccc1O.Oc1ccc(O)cc1. The summed E-state index contributed by atoms with van der Waals surface area (Å²) in [6.07, 6.45) is 0. The van der Waals surface area contributed by atoms with E-state index in [4.69, 9.17) is 10.2 Å². The summed E-state index contributed by atoms with van der Waals surface area (Å²) in [5.41, 5.74) is 1.03. The highest BCUT2D eigenvalue weighted by Crippen LogP contribution is 2.29. The highest BCUT2D eigenvalue weighted by atomic mass is 16.3. The number of para-hydroxylation sites is 1. The van der Waals surface area contributed by atoms with E-state index in [2.05, 4.69) is 20.8 Å². The van der Waals surface area contributed by atoms with Gasteiger partial charge < -0.3 is 15.3 Å². The third-order valence-corrected chi connectivity index (χ3v) is 2.56. The van der Waals surface area contributed by atoms with Crippen LogP contribution in [0.25, 0.3) is 0 Å². The van der Waals surface area contributed by atoms with E-state index in [0.717, 1.165) is 5.56 Å². The molecule has 0 heterocycles. The molecular formula is C16H20O3. The van der Waals surface area contributed by atoms with Crippen LogP contribution in [-0.2, 0) is 5.41 Å². The van der Waals surface area contributed by atoms with Crippen molar-refractivity contribution in [1.82, 2.24) is 0 Å². The molecule has 2 rings (SSSR count). The largest absolute Gasteiger partial charge is 0.508 e. The van der Waals surface area contributed by atoms with Gasteiger partial charge in [-0.2, -0.15) is 0 Å². The third kappa shape index (κ3) is 4.92. The minimum absolute atomic E-state index is 0.0331. The smallest absolute Gasteiger partial charge is 0.119 e. The van der Waals surface area contributed by atoms with Crippen LogP contribution in [0.3, 0.4) is 0 Å². The first kappa shape index (κ1) is 14.9. The lowest BCUT2D eigenvalue weighted by Crippen LogP contribution is -2.10. The molecule has 3 heteroatoms. The van der Waals surface area contributed by atoms with Gasteiger partial charge in [-0.05, 0) is 41.3 Å². The fraction of sp³-hybridized carbons (Fsp3) is 0.250. The molecule has 0 saturated heterocycles. The second-order valence-corrected chi connectivity index (χ2v) is 5.28. The molecule has 0 aliphatic carbocycles. The Kier molecular flexibility index (Phi) is 4.81. The fourth-order valence-corrected chi connectivity index (χ4v) is 1.56. The minimum Gasteiger partial charge on any atom is -0.508 e. The number of phenolic OH excluding ortho intramolecular Hbond substituents is 3. The normalized spacial score (nSPS) is 10.5. The second kappa shape index (κ2) is 6.14. The Balaban J connectivity index is 0.000000200. The van der Waals surface area contributed by atoms with E-state index in [1.165, 1.54) is 24.3 Å². The van der Waals surface area contributed by atoms with Crippen molar-refractivity contribution in [3.8, 4) is 17.2 Å². The molecule has 0 spiro atoms. The van der Waals surface area contributed by atoms with Crippen LogP contribution < -0.4 is 0 Å². The molecule has 0 amide bonds. The first-order valence-corrected chi connectivity index (χ1v) is 6.07. The van der Waals surface area contributed by atoms with Crippen molar-refractivity contribution in [2.24, 2.45) is 0 Å². The summed E-state index contributed by atoms with van der Waals surface area (Å²) >= 11 is 0. The van der Waals surface area contributed by atoms with Crippen LogP contribution in [0.2, 0.25) is 0 Å². The predicted molar refractivity (Wildman–Crippen MR) is 76.6 cm³/mol. The molecule has 0 unspecified atom stereocenters. The van der Waals surface area contributed by atoms with Crippen LogP contribution in [-0.4, -0.2) is 15.3 Å². The van der Waals surface area contributed by atoms with Crippen LogP contribution in [0.4, 0.5) is 0 Å². The molecule has 0 saturated carbocycles. The number of rotatable bonds is 0. The van der Waals surface area contributed by atoms with Gasteiger partial charge >= 0.3 is 0 Å². The molecule has 0 aliphatic rings. The molecule has 0 radical (unpaired) electrons. The zero-order valence-corrected chi connectivity index (χ0v) is 11.5. The molecule has 2 aromatic carbocycles. The maximum Gasteiger partial charge on any atom is 0.119 e. The van der Waals surface area contributed by atoms with Gasteiger partial charge in [0.2, 0.25) is 0 Å². The number of hydrogen-bond acceptors (Lipinski definition) is 3. The van der Waals surface area contributed by atoms with Gasteiger partial charge in [0.25, 0.3) is 0 Å². The van der Waals surface area contributed by atoms with Crippen LogP contribution >= 0.6 is 0 Å². The lowest BCUT2D eigenvalue weighted by atomic mass is 9.86. The second-order valence-electron chi connectivity index (χ2n) is 5.28. The molecule has 0 atom stereocenters. The molecule has 0 bridgehead atoms. The van der Waals surface area contributed by atoms with Gasteiger partial charge in [-0.3, -0.25) is 0 Å². The van der Waals surface area contributed by atoms with Crippen LogP contribution in [0.1, 0.15) is 26.3 Å². The Morgan fingerprint density at radius 2 is 1.11 bits per heavy atom. The third-order valence-electron chi connectivity index (χ3n) is 2.56. The van der Waals surface area contributed by atoms with Crippen molar-refractivity contribution in [2.45, 2.75) is 26.2 Å². The van der Waals surface area contributed by atoms with Crippen LogP contribution in [0.5, 0.6) is 17.2 Å². The monoisotopic (exact) mass is 260 g/mol. The van der Waals surface area contributed by atoms with E-state index in [-0.39, 0.29) is 16.9 Å². The summed E-state index contributed by atoms with van der Waals surface area (Å²) in [6.45, 7) is 6.26. The molecule has 0 aromatic heterocycles. The topological polar surface area (TPSA) is 60.7 Å². The van der Waals surface area contributed by atoms with Crippen molar-refractivity contribution in [2.75, 3.05) is 0 Å². The van der Waals surface area contributed by atoms with E-state index < -0.39 is 0 Å². The summed E-state index contributed by atoms with van der Waals surface area (Å²) in [4.78, 5) is 0. The number of phenols is 3. The predicted octanol–water partition coefficient (Wildman–Crippen LogP) is 3.79. The Morgan fingerprint density at radius 1 is 0.684 bits per heavy atom. The van der Waals surface area contributed by atoms with Crippen molar-refractivity contribution >= 4 is 0 Å². The van der Waals surface area contributed by atoms with Gasteiger partial charge in [-0.25, -0.2) is 0 Å². The zero-order valence-electron chi connectivity index (χ0n) is 11.5. The Bertz CT molecular complexity index is 489. The maximum absolute atomic E-state index is 9.45. The Labute approximate surface area is 113 Å². The molecular weight excluding hydrogens is 240 g/mol. The van der Waals surface area contributed by atoms with Crippen molar-refractivity contribution < 1.29 is 15.3 Å². The Morgan fingerprint density at radius 3 is 1.42 bits per heavy atom. The Hall–Kier alpha value is -2.16. The standard InChI is InChI=1S/C10H14O.C6H6O2/c1-10(2,3)8-6-4-5-7-9(8)11;7-5-1-2-6(8)4-3-5/h4-7,11H,1-3H3;1-4,7-8H. The number of hydrogen-bond donors (Lipinski definition) is 3. The van der Waals surface area contributed by atoms with Crippen molar-refractivity contribution in [3.63, 3.8) is 0 Å². The van der Waals surface area contributed by atoms with Gasteiger partial charge in [0.15, 0.2) is 0 Å². The molecule has 2 aromatic rings. The van der Waals surface area contributed by atoms with Gasteiger partial charge in [0, 0.05) is 0 Å². The average molecular weight is 260 g/mol. The quantitative estimate of drug-likeness (QED) is 0.632. The highest BCUT2D eigenvalue weighted by Gasteiger charge is 2.16. The molecule has 0 aliphatic heterocycles. The van der Waals surface area contributed by atoms with Crippen molar-refractivity contribution in [1.29, 1.82) is 0 Å². The van der Waals surface area contributed by atoms with Gasteiger partial charge in [-0.15, -0.1) is 0 Å². The molecule has 3 nitrogen and oxygen atoms in total. The van der Waals surface area contributed by atoms with E-state index in [1.54, 1.807) is 6.07 Å². The lowest BCUT2D eigenvalue weighted by Gasteiger charge is -2.19. The maximum atomic E-state index is 9.45. The van der Waals surface area contributed by atoms with E-state index in [0.29, 0.717) is 5.75 Å². The zero-order chi connectivity index (χ0) is 14.5. The highest BCUT2D eigenvalue weighted by molar-refractivity contribution is 5.36. The van der Waals surface area contributed by atoms with Gasteiger partial charge in [-0.1, -0.05) is 39.0 Å². The molecule has 102 valence electrons. The van der Waals surface area contributed by atoms with E-state index >= 15 is 0 Å². The van der Waals surface area contributed by atoms with Crippen LogP contribution in [0, 0.1) is 0 Å². The summed E-state index contributed by atoms with van der Waals surface area (Å²) in [5.74, 6) is 0.727. The summed E-state index contributed by atoms with van der Waals surface area (Å²) in [5, 5.41) is 26.7. The van der Waals surface area contributed by atoms with Gasteiger partial charge in [0.05, 0.1) is 0 Å². The summed E-state index contributed by atoms with van der Waals surface area (Å²) in [7, 11) is 0. The van der Waals surface area contributed by atoms with Crippen molar-refractivity contribution in [3.05, 3.63) is 54.1 Å². The molecule has 3 N–H and O–H groups in total. The first-order valence-electron chi connectivity index (χ1n) is 6.07. The van der Waals surface area contributed by atoms with Gasteiger partial charge in [0.1, 0.15) is 17.2 Å². The first-order chi connectivity index (χ1) is 8.80. The number of benzene rings is 2. The minimum atomic E-state index is 0.0331. The van der Waals surface area contributed by atoms with E-state index in [9.17, 15) is 5.11 Å². The number of aromatic hydroxyl groups is 3.